The lowest BCUT2D eigenvalue weighted by molar-refractivity contribution is -0.142. The van der Waals surface area contributed by atoms with Crippen molar-refractivity contribution in [3.63, 3.8) is 0 Å². The van der Waals surface area contributed by atoms with Crippen LogP contribution in [0.2, 0.25) is 0 Å². The Morgan fingerprint density at radius 2 is 1.93 bits per heavy atom. The SMILES string of the molecule is CCOC(=O)Cc1c(-c2ccccc2)c2cc3c(cc2oc1=O)C(=O)OC3. The van der Waals surface area contributed by atoms with E-state index in [1.165, 1.54) is 6.07 Å². The lowest BCUT2D eigenvalue weighted by Crippen LogP contribution is -2.17. The highest BCUT2D eigenvalue weighted by molar-refractivity contribution is 6.02. The number of ether oxygens (including phenoxy) is 2. The van der Waals surface area contributed by atoms with Crippen LogP contribution in [0.1, 0.15) is 28.4 Å². The molecule has 2 heterocycles. The summed E-state index contributed by atoms with van der Waals surface area (Å²) in [6, 6.07) is 12.6. The van der Waals surface area contributed by atoms with E-state index in [9.17, 15) is 14.4 Å². The highest BCUT2D eigenvalue weighted by Gasteiger charge is 2.26. The van der Waals surface area contributed by atoms with Gasteiger partial charge in [-0.25, -0.2) is 9.59 Å². The van der Waals surface area contributed by atoms with E-state index in [0.717, 1.165) is 11.1 Å². The van der Waals surface area contributed by atoms with Crippen molar-refractivity contribution in [3.05, 3.63) is 69.6 Å². The van der Waals surface area contributed by atoms with Crippen molar-refractivity contribution in [2.24, 2.45) is 0 Å². The molecule has 4 rings (SSSR count). The van der Waals surface area contributed by atoms with E-state index in [4.69, 9.17) is 13.9 Å². The maximum Gasteiger partial charge on any atom is 0.340 e. The molecule has 0 unspecified atom stereocenters. The van der Waals surface area contributed by atoms with Gasteiger partial charge in [-0.1, -0.05) is 30.3 Å². The molecule has 1 aromatic heterocycles. The third-order valence-electron chi connectivity index (χ3n) is 4.49. The number of benzene rings is 2. The average molecular weight is 364 g/mol. The van der Waals surface area contributed by atoms with Crippen LogP contribution in [0.5, 0.6) is 0 Å². The lowest BCUT2D eigenvalue weighted by Gasteiger charge is -2.12. The maximum absolute atomic E-state index is 12.7. The Morgan fingerprint density at radius 1 is 1.15 bits per heavy atom. The first-order valence-corrected chi connectivity index (χ1v) is 8.59. The van der Waals surface area contributed by atoms with Crippen molar-refractivity contribution < 1.29 is 23.5 Å². The number of hydrogen-bond donors (Lipinski definition) is 0. The van der Waals surface area contributed by atoms with Gasteiger partial charge in [0.1, 0.15) is 12.2 Å². The number of cyclic esters (lactones) is 1. The zero-order valence-electron chi connectivity index (χ0n) is 14.6. The molecule has 0 amide bonds. The van der Waals surface area contributed by atoms with Crippen LogP contribution in [-0.2, 0) is 27.3 Å². The standard InChI is InChI=1S/C21H16O6/c1-2-25-18(22)10-16-19(12-6-4-3-5-7-12)15-8-13-11-26-20(23)14(13)9-17(15)27-21(16)24/h3-9H,2,10-11H2,1H3. The van der Waals surface area contributed by atoms with E-state index < -0.39 is 17.6 Å². The van der Waals surface area contributed by atoms with Crippen LogP contribution < -0.4 is 5.63 Å². The monoisotopic (exact) mass is 364 g/mol. The van der Waals surface area contributed by atoms with Crippen LogP contribution in [0.4, 0.5) is 0 Å². The first-order valence-electron chi connectivity index (χ1n) is 8.59. The van der Waals surface area contributed by atoms with Gasteiger partial charge in [0.25, 0.3) is 0 Å². The normalized spacial score (nSPS) is 12.7. The summed E-state index contributed by atoms with van der Waals surface area (Å²) in [5.74, 6) is -0.938. The number of rotatable bonds is 4. The Hall–Kier alpha value is -3.41. The van der Waals surface area contributed by atoms with Crippen LogP contribution in [0.25, 0.3) is 22.1 Å². The number of esters is 2. The number of hydrogen-bond acceptors (Lipinski definition) is 6. The summed E-state index contributed by atoms with van der Waals surface area (Å²) in [6.45, 7) is 2.11. The van der Waals surface area contributed by atoms with E-state index in [0.29, 0.717) is 16.5 Å². The van der Waals surface area contributed by atoms with Gasteiger partial charge >= 0.3 is 17.6 Å². The zero-order valence-corrected chi connectivity index (χ0v) is 14.6. The molecule has 0 N–H and O–H groups in total. The zero-order chi connectivity index (χ0) is 19.0. The van der Waals surface area contributed by atoms with Gasteiger partial charge in [0.05, 0.1) is 24.2 Å². The number of carbonyl (C=O) groups is 2. The minimum absolute atomic E-state index is 0.171. The van der Waals surface area contributed by atoms with E-state index >= 15 is 0 Å². The van der Waals surface area contributed by atoms with Gasteiger partial charge in [0, 0.05) is 16.5 Å². The molecule has 0 saturated carbocycles. The van der Waals surface area contributed by atoms with Gasteiger partial charge in [0.15, 0.2) is 0 Å². The first kappa shape index (κ1) is 17.0. The molecule has 0 aliphatic carbocycles. The number of carbonyl (C=O) groups excluding carboxylic acids is 2. The summed E-state index contributed by atoms with van der Waals surface area (Å²) in [4.78, 5) is 36.5. The summed E-state index contributed by atoms with van der Waals surface area (Å²) in [7, 11) is 0. The number of fused-ring (bicyclic) bond motifs is 2. The van der Waals surface area contributed by atoms with Gasteiger partial charge in [-0.2, -0.15) is 0 Å². The Morgan fingerprint density at radius 3 is 2.67 bits per heavy atom. The third-order valence-corrected chi connectivity index (χ3v) is 4.49. The molecule has 0 spiro atoms. The van der Waals surface area contributed by atoms with Crippen molar-refractivity contribution in [1.29, 1.82) is 0 Å². The minimum Gasteiger partial charge on any atom is -0.466 e. The van der Waals surface area contributed by atoms with Crippen LogP contribution in [0.15, 0.2) is 51.7 Å². The van der Waals surface area contributed by atoms with Crippen molar-refractivity contribution in [1.82, 2.24) is 0 Å². The van der Waals surface area contributed by atoms with Crippen LogP contribution in [0, 0.1) is 0 Å². The summed E-state index contributed by atoms with van der Waals surface area (Å²) in [6.07, 6.45) is -0.192. The second-order valence-electron chi connectivity index (χ2n) is 6.17. The maximum atomic E-state index is 12.7. The molecule has 0 fully saturated rings. The van der Waals surface area contributed by atoms with E-state index in [2.05, 4.69) is 0 Å². The second-order valence-corrected chi connectivity index (χ2v) is 6.17. The van der Waals surface area contributed by atoms with Gasteiger partial charge in [0.2, 0.25) is 0 Å². The van der Waals surface area contributed by atoms with Crippen LogP contribution >= 0.6 is 0 Å². The van der Waals surface area contributed by atoms with Gasteiger partial charge < -0.3 is 13.9 Å². The predicted octanol–water partition coefficient (Wildman–Crippen LogP) is 3.24. The molecule has 0 saturated heterocycles. The smallest absolute Gasteiger partial charge is 0.340 e. The van der Waals surface area contributed by atoms with E-state index in [1.54, 1.807) is 13.0 Å². The predicted molar refractivity (Wildman–Crippen MR) is 97.4 cm³/mol. The van der Waals surface area contributed by atoms with Crippen molar-refractivity contribution in [3.8, 4) is 11.1 Å². The van der Waals surface area contributed by atoms with Gasteiger partial charge in [-0.15, -0.1) is 0 Å². The average Bonchev–Trinajstić information content (AvgIpc) is 3.02. The van der Waals surface area contributed by atoms with Gasteiger partial charge in [-0.3, -0.25) is 4.79 Å². The highest BCUT2D eigenvalue weighted by atomic mass is 16.5. The molecule has 0 bridgehead atoms. The highest BCUT2D eigenvalue weighted by Crippen LogP contribution is 2.34. The molecule has 1 aliphatic heterocycles. The molecular weight excluding hydrogens is 348 g/mol. The molecule has 6 nitrogen and oxygen atoms in total. The third kappa shape index (κ3) is 2.99. The van der Waals surface area contributed by atoms with E-state index in [1.807, 2.05) is 30.3 Å². The van der Waals surface area contributed by atoms with E-state index in [-0.39, 0.29) is 30.8 Å². The summed E-state index contributed by atoms with van der Waals surface area (Å²) in [5.41, 5.74) is 2.39. The molecule has 6 heteroatoms. The quantitative estimate of drug-likeness (QED) is 0.522. The molecule has 0 radical (unpaired) electrons. The second kappa shape index (κ2) is 6.72. The fraction of sp³-hybridized carbons (Fsp3) is 0.190. The largest absolute Gasteiger partial charge is 0.466 e. The molecule has 0 atom stereocenters. The fourth-order valence-electron chi connectivity index (χ4n) is 3.31. The summed E-state index contributed by atoms with van der Waals surface area (Å²) < 4.78 is 15.5. The molecule has 27 heavy (non-hydrogen) atoms. The lowest BCUT2D eigenvalue weighted by atomic mass is 9.93. The van der Waals surface area contributed by atoms with Crippen LogP contribution in [0.3, 0.4) is 0 Å². The topological polar surface area (TPSA) is 82.8 Å². The summed E-state index contributed by atoms with van der Waals surface area (Å²) in [5, 5.41) is 0.650. The van der Waals surface area contributed by atoms with Gasteiger partial charge in [-0.05, 0) is 24.6 Å². The molecule has 3 aromatic rings. The Kier molecular flexibility index (Phi) is 4.24. The Bertz CT molecular complexity index is 1110. The van der Waals surface area contributed by atoms with Crippen LogP contribution in [-0.4, -0.2) is 18.5 Å². The fourth-order valence-corrected chi connectivity index (χ4v) is 3.31. The van der Waals surface area contributed by atoms with Crippen molar-refractivity contribution in [2.75, 3.05) is 6.61 Å². The van der Waals surface area contributed by atoms with Crippen molar-refractivity contribution in [2.45, 2.75) is 20.0 Å². The Balaban J connectivity index is 2.02. The minimum atomic E-state index is -0.624. The first-order chi connectivity index (χ1) is 13.1. The summed E-state index contributed by atoms with van der Waals surface area (Å²) >= 11 is 0. The molecule has 2 aromatic carbocycles. The van der Waals surface area contributed by atoms with Crippen molar-refractivity contribution >= 4 is 22.9 Å². The molecule has 136 valence electrons. The Labute approximate surface area is 154 Å². The molecular formula is C21H16O6. The molecule has 1 aliphatic rings.